The second-order valence-corrected chi connectivity index (χ2v) is 6.64. The van der Waals surface area contributed by atoms with Crippen molar-refractivity contribution in [1.82, 2.24) is 16.0 Å². The number of benzene rings is 1. The Kier molecular flexibility index (Phi) is 9.97. The van der Waals surface area contributed by atoms with E-state index in [4.69, 9.17) is 15.9 Å². The molecule has 3 atom stereocenters. The van der Waals surface area contributed by atoms with Gasteiger partial charge in [0.1, 0.15) is 18.6 Å². The van der Waals surface area contributed by atoms with Crippen LogP contribution in [0.1, 0.15) is 25.3 Å². The van der Waals surface area contributed by atoms with E-state index in [9.17, 15) is 24.0 Å². The van der Waals surface area contributed by atoms with Crippen molar-refractivity contribution in [3.05, 3.63) is 35.9 Å². The lowest BCUT2D eigenvalue weighted by atomic mass is 10.0. The molecule has 1 rings (SSSR count). The number of carbonyl (C=O) groups is 5. The van der Waals surface area contributed by atoms with Crippen LogP contribution in [0.25, 0.3) is 0 Å². The van der Waals surface area contributed by atoms with Gasteiger partial charge in [0.25, 0.3) is 0 Å². The molecular weight excluding hydrogens is 396 g/mol. The summed E-state index contributed by atoms with van der Waals surface area (Å²) in [5.41, 5.74) is 6.18. The van der Waals surface area contributed by atoms with Gasteiger partial charge in [-0.1, -0.05) is 30.3 Å². The summed E-state index contributed by atoms with van der Waals surface area (Å²) in [6.45, 7) is 0.767. The van der Waals surface area contributed by atoms with Gasteiger partial charge in [0.2, 0.25) is 17.7 Å². The number of nitrogens with two attached hydrogens (primary N) is 1. The molecule has 30 heavy (non-hydrogen) atoms. The molecule has 11 nitrogen and oxygen atoms in total. The first-order valence-corrected chi connectivity index (χ1v) is 9.21. The Hall–Kier alpha value is -3.47. The van der Waals surface area contributed by atoms with E-state index in [1.54, 1.807) is 30.3 Å². The van der Waals surface area contributed by atoms with Crippen molar-refractivity contribution in [3.8, 4) is 0 Å². The van der Waals surface area contributed by atoms with E-state index < -0.39 is 60.8 Å². The summed E-state index contributed by atoms with van der Waals surface area (Å²) in [4.78, 5) is 58.6. The third kappa shape index (κ3) is 9.15. The number of hydrogen-bond acceptors (Lipinski definition) is 6. The van der Waals surface area contributed by atoms with Crippen molar-refractivity contribution < 1.29 is 34.2 Å². The fraction of sp³-hybridized carbons (Fsp3) is 0.421. The summed E-state index contributed by atoms with van der Waals surface area (Å²) < 4.78 is 0. The third-order valence-corrected chi connectivity index (χ3v) is 4.02. The minimum absolute atomic E-state index is 0.0604. The molecule has 0 saturated carbocycles. The number of carbonyl (C=O) groups excluding carboxylic acids is 3. The summed E-state index contributed by atoms with van der Waals surface area (Å²) in [7, 11) is 0. The molecule has 0 aliphatic heterocycles. The Bertz CT molecular complexity index is 767. The molecule has 7 N–H and O–H groups in total. The van der Waals surface area contributed by atoms with Crippen molar-refractivity contribution in [2.24, 2.45) is 5.73 Å². The van der Waals surface area contributed by atoms with E-state index in [0.29, 0.717) is 5.56 Å². The number of rotatable bonds is 12. The second kappa shape index (κ2) is 12.2. The number of aliphatic carboxylic acids is 2. The first-order chi connectivity index (χ1) is 14.1. The largest absolute Gasteiger partial charge is 0.481 e. The highest BCUT2D eigenvalue weighted by molar-refractivity contribution is 5.93. The smallest absolute Gasteiger partial charge is 0.322 e. The van der Waals surface area contributed by atoms with Crippen LogP contribution in [-0.2, 0) is 30.4 Å². The summed E-state index contributed by atoms with van der Waals surface area (Å²) in [5.74, 6) is -4.59. The van der Waals surface area contributed by atoms with Crippen LogP contribution in [-0.4, -0.2) is 64.5 Å². The Morgan fingerprint density at radius 1 is 0.900 bits per heavy atom. The van der Waals surface area contributed by atoms with Crippen molar-refractivity contribution in [2.75, 3.05) is 6.54 Å². The predicted octanol–water partition coefficient (Wildman–Crippen LogP) is -1.39. The zero-order chi connectivity index (χ0) is 22.7. The van der Waals surface area contributed by atoms with Gasteiger partial charge in [-0.25, -0.2) is 0 Å². The van der Waals surface area contributed by atoms with Gasteiger partial charge >= 0.3 is 11.9 Å². The van der Waals surface area contributed by atoms with Gasteiger partial charge in [-0.15, -0.1) is 0 Å². The van der Waals surface area contributed by atoms with E-state index in [2.05, 4.69) is 16.0 Å². The van der Waals surface area contributed by atoms with Gasteiger partial charge in [-0.05, 0) is 18.9 Å². The molecule has 0 radical (unpaired) electrons. The maximum atomic E-state index is 12.7. The van der Waals surface area contributed by atoms with Gasteiger partial charge in [0.15, 0.2) is 0 Å². The van der Waals surface area contributed by atoms with E-state index in [1.807, 2.05) is 0 Å². The molecule has 0 spiro atoms. The molecule has 11 heteroatoms. The van der Waals surface area contributed by atoms with Gasteiger partial charge in [0.05, 0.1) is 6.04 Å². The molecule has 1 aromatic rings. The van der Waals surface area contributed by atoms with E-state index in [-0.39, 0.29) is 12.8 Å². The highest BCUT2D eigenvalue weighted by atomic mass is 16.4. The Balaban J connectivity index is 2.97. The van der Waals surface area contributed by atoms with Crippen LogP contribution >= 0.6 is 0 Å². The number of amides is 3. The molecule has 1 aromatic carbocycles. The Morgan fingerprint density at radius 2 is 1.50 bits per heavy atom. The lowest BCUT2D eigenvalue weighted by molar-refractivity contribution is -0.138. The van der Waals surface area contributed by atoms with Crippen LogP contribution in [0.2, 0.25) is 0 Å². The molecule has 0 bridgehead atoms. The summed E-state index contributed by atoms with van der Waals surface area (Å²) >= 11 is 0. The fourth-order valence-electron chi connectivity index (χ4n) is 2.46. The first kappa shape index (κ1) is 24.6. The lowest BCUT2D eigenvalue weighted by Crippen LogP contribution is -2.56. The average molecular weight is 422 g/mol. The number of carboxylic acids is 2. The molecule has 0 heterocycles. The minimum atomic E-state index is -1.25. The van der Waals surface area contributed by atoms with Gasteiger partial charge in [-0.2, -0.15) is 0 Å². The molecule has 0 fully saturated rings. The molecule has 0 aliphatic carbocycles. The third-order valence-electron chi connectivity index (χ3n) is 4.02. The zero-order valence-electron chi connectivity index (χ0n) is 16.5. The van der Waals surface area contributed by atoms with Crippen LogP contribution in [0.4, 0.5) is 0 Å². The normalized spacial score (nSPS) is 13.4. The zero-order valence-corrected chi connectivity index (χ0v) is 16.5. The predicted molar refractivity (Wildman–Crippen MR) is 105 cm³/mol. The van der Waals surface area contributed by atoms with Crippen LogP contribution < -0.4 is 21.7 Å². The standard InChI is InChI=1S/C19H26N4O7/c1-11(20)17(28)22-13(7-8-15(24)25)19(30)23-14(18(29)21-10-16(26)27)9-12-5-3-2-4-6-12/h2-6,11,13-14H,7-10,20H2,1H3,(H,21,29)(H,22,28)(H,23,30)(H,24,25)(H,26,27)/t11-,13-,14-/m0/s1. The van der Waals surface area contributed by atoms with Gasteiger partial charge in [-0.3, -0.25) is 24.0 Å². The van der Waals surface area contributed by atoms with E-state index in [0.717, 1.165) is 0 Å². The van der Waals surface area contributed by atoms with Crippen molar-refractivity contribution in [2.45, 2.75) is 44.3 Å². The highest BCUT2D eigenvalue weighted by Gasteiger charge is 2.28. The summed E-state index contributed by atoms with van der Waals surface area (Å²) in [6, 6.07) is 5.40. The molecule has 0 aliphatic rings. The number of nitrogens with one attached hydrogen (secondary N) is 3. The fourth-order valence-corrected chi connectivity index (χ4v) is 2.46. The molecule has 0 saturated heterocycles. The quantitative estimate of drug-likeness (QED) is 0.237. The maximum absolute atomic E-state index is 12.7. The van der Waals surface area contributed by atoms with Crippen molar-refractivity contribution in [1.29, 1.82) is 0 Å². The van der Waals surface area contributed by atoms with Crippen molar-refractivity contribution in [3.63, 3.8) is 0 Å². The first-order valence-electron chi connectivity index (χ1n) is 9.21. The lowest BCUT2D eigenvalue weighted by Gasteiger charge is -2.23. The van der Waals surface area contributed by atoms with Gasteiger partial charge in [0, 0.05) is 12.8 Å². The average Bonchev–Trinajstić information content (AvgIpc) is 2.68. The molecule has 3 amide bonds. The SMILES string of the molecule is C[C@H](N)C(=O)N[C@@H](CCC(=O)O)C(=O)N[C@@H](Cc1ccccc1)C(=O)NCC(=O)O. The van der Waals surface area contributed by atoms with E-state index >= 15 is 0 Å². The minimum Gasteiger partial charge on any atom is -0.481 e. The molecule has 0 aromatic heterocycles. The Morgan fingerprint density at radius 3 is 2.03 bits per heavy atom. The van der Waals surface area contributed by atoms with Crippen LogP contribution in [0, 0.1) is 0 Å². The molecule has 164 valence electrons. The highest BCUT2D eigenvalue weighted by Crippen LogP contribution is 2.06. The number of hydrogen-bond donors (Lipinski definition) is 6. The second-order valence-electron chi connectivity index (χ2n) is 6.64. The van der Waals surface area contributed by atoms with E-state index in [1.165, 1.54) is 6.92 Å². The van der Waals surface area contributed by atoms with Crippen LogP contribution in [0.5, 0.6) is 0 Å². The summed E-state index contributed by atoms with van der Waals surface area (Å²) in [5, 5.41) is 24.7. The summed E-state index contributed by atoms with van der Waals surface area (Å²) in [6.07, 6.45) is -0.550. The van der Waals surface area contributed by atoms with Gasteiger partial charge < -0.3 is 31.9 Å². The molecular formula is C19H26N4O7. The van der Waals surface area contributed by atoms with Crippen molar-refractivity contribution >= 4 is 29.7 Å². The monoisotopic (exact) mass is 422 g/mol. The molecule has 0 unspecified atom stereocenters. The topological polar surface area (TPSA) is 188 Å². The van der Waals surface area contributed by atoms with Crippen LogP contribution in [0.3, 0.4) is 0 Å². The Labute approximate surface area is 173 Å². The van der Waals surface area contributed by atoms with Crippen LogP contribution in [0.15, 0.2) is 30.3 Å². The number of carboxylic acid groups (broad SMARTS) is 2. The maximum Gasteiger partial charge on any atom is 0.322 e.